The van der Waals surface area contributed by atoms with Gasteiger partial charge in [0.15, 0.2) is 0 Å². The van der Waals surface area contributed by atoms with E-state index >= 15 is 0 Å². The fourth-order valence-corrected chi connectivity index (χ4v) is 3.23. The lowest BCUT2D eigenvalue weighted by atomic mass is 9.74. The molecule has 1 saturated heterocycles. The Morgan fingerprint density at radius 2 is 2.29 bits per heavy atom. The summed E-state index contributed by atoms with van der Waals surface area (Å²) in [6, 6.07) is 1.72. The second kappa shape index (κ2) is 6.58. The van der Waals surface area contributed by atoms with Gasteiger partial charge in [0.05, 0.1) is 12.7 Å². The molecule has 6 heteroatoms. The molecule has 0 unspecified atom stereocenters. The third-order valence-corrected chi connectivity index (χ3v) is 4.47. The molecular weight excluding hydrogens is 270 g/mol. The SMILES string of the molecule is CCC[C@@]1(CO)CN(C(=O)c2ccnn2CC)CC[C@@H]1O. The zero-order valence-corrected chi connectivity index (χ0v) is 12.8. The average molecular weight is 295 g/mol. The summed E-state index contributed by atoms with van der Waals surface area (Å²) >= 11 is 0. The molecule has 1 aliphatic rings. The number of rotatable bonds is 5. The van der Waals surface area contributed by atoms with Crippen LogP contribution in [-0.2, 0) is 6.54 Å². The lowest BCUT2D eigenvalue weighted by Crippen LogP contribution is -2.55. The summed E-state index contributed by atoms with van der Waals surface area (Å²) in [5, 5.41) is 24.2. The van der Waals surface area contributed by atoms with Crippen LogP contribution in [0.2, 0.25) is 0 Å². The molecule has 118 valence electrons. The standard InChI is InChI=1S/C15H25N3O3/c1-3-7-15(11-19)10-17(9-6-13(15)20)14(21)12-5-8-16-18(12)4-2/h5,8,13,19-20H,3-4,6-7,9-11H2,1-2H3/t13-,15-/m0/s1. The van der Waals surface area contributed by atoms with Crippen LogP contribution in [0, 0.1) is 5.41 Å². The van der Waals surface area contributed by atoms with Crippen molar-refractivity contribution >= 4 is 5.91 Å². The molecule has 2 atom stereocenters. The number of hydrogen-bond acceptors (Lipinski definition) is 4. The van der Waals surface area contributed by atoms with Gasteiger partial charge in [-0.3, -0.25) is 9.48 Å². The molecular formula is C15H25N3O3. The Kier molecular flexibility index (Phi) is 5.00. The number of carbonyl (C=O) groups excluding carboxylic acids is 1. The van der Waals surface area contributed by atoms with Crippen molar-refractivity contribution in [2.75, 3.05) is 19.7 Å². The van der Waals surface area contributed by atoms with Crippen LogP contribution in [0.15, 0.2) is 12.3 Å². The van der Waals surface area contributed by atoms with Crippen molar-refractivity contribution in [1.29, 1.82) is 0 Å². The predicted octanol–water partition coefficient (Wildman–Crippen LogP) is 0.889. The highest BCUT2D eigenvalue weighted by Gasteiger charge is 2.43. The summed E-state index contributed by atoms with van der Waals surface area (Å²) in [6.07, 6.45) is 3.16. The third kappa shape index (κ3) is 2.96. The zero-order valence-electron chi connectivity index (χ0n) is 12.8. The number of nitrogens with zero attached hydrogens (tertiary/aromatic N) is 3. The van der Waals surface area contributed by atoms with E-state index in [0.717, 1.165) is 6.42 Å². The minimum atomic E-state index is -0.597. The highest BCUT2D eigenvalue weighted by Crippen LogP contribution is 2.35. The Balaban J connectivity index is 2.19. The molecule has 0 aromatic carbocycles. The number of aryl methyl sites for hydroxylation is 1. The first-order chi connectivity index (χ1) is 10.1. The number of hydrogen-bond donors (Lipinski definition) is 2. The third-order valence-electron chi connectivity index (χ3n) is 4.47. The van der Waals surface area contributed by atoms with Crippen molar-refractivity contribution in [3.05, 3.63) is 18.0 Å². The van der Waals surface area contributed by atoms with Gasteiger partial charge in [0, 0.05) is 31.2 Å². The Labute approximate surface area is 125 Å². The highest BCUT2D eigenvalue weighted by atomic mass is 16.3. The van der Waals surface area contributed by atoms with E-state index in [9.17, 15) is 15.0 Å². The first kappa shape index (κ1) is 16.0. The van der Waals surface area contributed by atoms with E-state index in [2.05, 4.69) is 5.10 Å². The minimum Gasteiger partial charge on any atom is -0.396 e. The van der Waals surface area contributed by atoms with Gasteiger partial charge in [-0.15, -0.1) is 0 Å². The van der Waals surface area contributed by atoms with E-state index in [1.807, 2.05) is 13.8 Å². The zero-order chi connectivity index (χ0) is 15.5. The molecule has 6 nitrogen and oxygen atoms in total. The minimum absolute atomic E-state index is 0.0739. The Morgan fingerprint density at radius 3 is 2.90 bits per heavy atom. The normalized spacial score (nSPS) is 26.1. The van der Waals surface area contributed by atoms with Crippen LogP contribution in [-0.4, -0.2) is 56.6 Å². The maximum absolute atomic E-state index is 12.7. The van der Waals surface area contributed by atoms with E-state index in [4.69, 9.17) is 0 Å². The topological polar surface area (TPSA) is 78.6 Å². The van der Waals surface area contributed by atoms with E-state index in [-0.39, 0.29) is 12.5 Å². The smallest absolute Gasteiger partial charge is 0.272 e. The maximum atomic E-state index is 12.7. The molecule has 0 spiro atoms. The van der Waals surface area contributed by atoms with Gasteiger partial charge in [-0.25, -0.2) is 0 Å². The van der Waals surface area contributed by atoms with Crippen LogP contribution in [0.1, 0.15) is 43.6 Å². The van der Waals surface area contributed by atoms with Gasteiger partial charge in [0.1, 0.15) is 5.69 Å². The fourth-order valence-electron chi connectivity index (χ4n) is 3.23. The van der Waals surface area contributed by atoms with Crippen molar-refractivity contribution < 1.29 is 15.0 Å². The van der Waals surface area contributed by atoms with Gasteiger partial charge in [0.25, 0.3) is 5.91 Å². The van der Waals surface area contributed by atoms with Crippen molar-refractivity contribution in [1.82, 2.24) is 14.7 Å². The molecule has 1 aliphatic heterocycles. The highest BCUT2D eigenvalue weighted by molar-refractivity contribution is 5.92. The molecule has 1 amide bonds. The number of carbonyl (C=O) groups is 1. The van der Waals surface area contributed by atoms with Crippen LogP contribution in [0.5, 0.6) is 0 Å². The quantitative estimate of drug-likeness (QED) is 0.845. The second-order valence-electron chi connectivity index (χ2n) is 5.83. The molecule has 2 heterocycles. The number of piperidine rings is 1. The van der Waals surface area contributed by atoms with Crippen LogP contribution < -0.4 is 0 Å². The molecule has 0 radical (unpaired) electrons. The average Bonchev–Trinajstić information content (AvgIpc) is 2.97. The number of amides is 1. The number of likely N-dealkylation sites (tertiary alicyclic amines) is 1. The van der Waals surface area contributed by atoms with Gasteiger partial charge < -0.3 is 15.1 Å². The van der Waals surface area contributed by atoms with Gasteiger partial charge >= 0.3 is 0 Å². The van der Waals surface area contributed by atoms with Gasteiger partial charge in [-0.2, -0.15) is 5.10 Å². The van der Waals surface area contributed by atoms with E-state index in [1.165, 1.54) is 0 Å². The first-order valence-corrected chi connectivity index (χ1v) is 7.68. The molecule has 0 aliphatic carbocycles. The van der Waals surface area contributed by atoms with E-state index in [1.54, 1.807) is 21.8 Å². The van der Waals surface area contributed by atoms with Crippen molar-refractivity contribution in [3.8, 4) is 0 Å². The van der Waals surface area contributed by atoms with Crippen molar-refractivity contribution in [2.45, 2.75) is 45.8 Å². The lowest BCUT2D eigenvalue weighted by molar-refractivity contribution is -0.0721. The van der Waals surface area contributed by atoms with E-state index < -0.39 is 11.5 Å². The summed E-state index contributed by atoms with van der Waals surface area (Å²) in [7, 11) is 0. The van der Waals surface area contributed by atoms with Gasteiger partial charge in [-0.1, -0.05) is 13.3 Å². The lowest BCUT2D eigenvalue weighted by Gasteiger charge is -2.45. The Bertz CT molecular complexity index is 488. The Morgan fingerprint density at radius 1 is 1.52 bits per heavy atom. The second-order valence-corrected chi connectivity index (χ2v) is 5.83. The predicted molar refractivity (Wildman–Crippen MR) is 78.9 cm³/mol. The van der Waals surface area contributed by atoms with Gasteiger partial charge in [-0.05, 0) is 25.8 Å². The molecule has 0 bridgehead atoms. The summed E-state index contributed by atoms with van der Waals surface area (Å²) in [5.41, 5.74) is -0.0306. The van der Waals surface area contributed by atoms with Crippen molar-refractivity contribution in [3.63, 3.8) is 0 Å². The van der Waals surface area contributed by atoms with Crippen molar-refractivity contribution in [2.24, 2.45) is 5.41 Å². The number of aliphatic hydroxyl groups excluding tert-OH is 2. The maximum Gasteiger partial charge on any atom is 0.272 e. The monoisotopic (exact) mass is 295 g/mol. The summed E-state index contributed by atoms with van der Waals surface area (Å²) in [4.78, 5) is 14.4. The first-order valence-electron chi connectivity index (χ1n) is 7.68. The fraction of sp³-hybridized carbons (Fsp3) is 0.733. The summed E-state index contributed by atoms with van der Waals surface area (Å²) in [5.74, 6) is -0.0739. The molecule has 21 heavy (non-hydrogen) atoms. The van der Waals surface area contributed by atoms with Crippen LogP contribution in [0.3, 0.4) is 0 Å². The molecule has 1 aromatic rings. The van der Waals surface area contributed by atoms with Gasteiger partial charge in [0.2, 0.25) is 0 Å². The molecule has 1 fully saturated rings. The molecule has 2 rings (SSSR count). The molecule has 2 N–H and O–H groups in total. The Hall–Kier alpha value is -1.40. The number of aromatic nitrogens is 2. The molecule has 0 saturated carbocycles. The van der Waals surface area contributed by atoms with Crippen LogP contribution in [0.4, 0.5) is 0 Å². The van der Waals surface area contributed by atoms with Crippen LogP contribution in [0.25, 0.3) is 0 Å². The largest absolute Gasteiger partial charge is 0.396 e. The summed E-state index contributed by atoms with van der Waals surface area (Å²) in [6.45, 7) is 5.42. The molecule has 1 aromatic heterocycles. The van der Waals surface area contributed by atoms with E-state index in [0.29, 0.717) is 38.2 Å². The van der Waals surface area contributed by atoms with Crippen LogP contribution >= 0.6 is 0 Å². The number of aliphatic hydroxyl groups is 2. The summed E-state index contributed by atoms with van der Waals surface area (Å²) < 4.78 is 1.67.